The molecule has 6 N–H and O–H groups in total. The summed E-state index contributed by atoms with van der Waals surface area (Å²) in [6.45, 7) is 6.77. The summed E-state index contributed by atoms with van der Waals surface area (Å²) in [6, 6.07) is 0. The molecule has 0 aromatic rings. The van der Waals surface area contributed by atoms with E-state index < -0.39 is 22.7 Å². The minimum absolute atomic E-state index is 0.0548. The van der Waals surface area contributed by atoms with Crippen molar-refractivity contribution in [2.24, 2.45) is 39.4 Å². The fraction of sp³-hybridized carbons (Fsp3) is 0.760. The average Bonchev–Trinajstić information content (AvgIpc) is 3.28. The Balaban J connectivity index is 1.52. The van der Waals surface area contributed by atoms with Gasteiger partial charge in [-0.1, -0.05) is 13.5 Å². The number of fused-ring (bicyclic) bond motifs is 5. The SMILES string of the molecule is C=C1C=C(C2CCC3(O)[C@@H]4CCC5(O)C[C@H](O)CCC5(/C=N\NC(N)=S)[C@H]4CCC23C)CO1. The Bertz CT molecular complexity index is 923. The maximum atomic E-state index is 12.4. The standard InChI is InChI=1S/C25H37N3O4S/c1-15-11-16(13-32-15)18-6-10-25(31)20-5-9-24(30)12-17(29)3-8-23(24,14-27-28-21(26)33)19(20)4-7-22(18,25)2/h11,14,17-20,29-31H,1,3-10,12-13H2,2H3,(H3,26,28,33)/b27-14-/t17-,18?,19+,20-,22?,23?,24?,25?/m1/s1. The van der Waals surface area contributed by atoms with E-state index in [4.69, 9.17) is 22.7 Å². The van der Waals surface area contributed by atoms with E-state index in [9.17, 15) is 15.3 Å². The highest BCUT2D eigenvalue weighted by molar-refractivity contribution is 7.80. The van der Waals surface area contributed by atoms with Crippen LogP contribution in [0.25, 0.3) is 0 Å². The van der Waals surface area contributed by atoms with Crippen LogP contribution >= 0.6 is 12.2 Å². The summed E-state index contributed by atoms with van der Waals surface area (Å²) >= 11 is 4.92. The van der Waals surface area contributed by atoms with Crippen molar-refractivity contribution < 1.29 is 20.1 Å². The van der Waals surface area contributed by atoms with Crippen molar-refractivity contribution in [1.29, 1.82) is 0 Å². The maximum absolute atomic E-state index is 12.4. The summed E-state index contributed by atoms with van der Waals surface area (Å²) < 4.78 is 5.65. The van der Waals surface area contributed by atoms with E-state index in [0.29, 0.717) is 38.0 Å². The Labute approximate surface area is 201 Å². The quantitative estimate of drug-likeness (QED) is 0.242. The van der Waals surface area contributed by atoms with Crippen LogP contribution < -0.4 is 11.2 Å². The Hall–Kier alpha value is -1.48. The first-order valence-corrected chi connectivity index (χ1v) is 12.7. The van der Waals surface area contributed by atoms with Gasteiger partial charge in [-0.25, -0.2) is 0 Å². The molecule has 0 saturated heterocycles. The van der Waals surface area contributed by atoms with Crippen LogP contribution in [0.2, 0.25) is 0 Å². The first-order valence-electron chi connectivity index (χ1n) is 12.3. The molecule has 4 fully saturated rings. The summed E-state index contributed by atoms with van der Waals surface area (Å²) in [6.07, 6.45) is 9.65. The summed E-state index contributed by atoms with van der Waals surface area (Å²) in [7, 11) is 0. The Kier molecular flexibility index (Phi) is 5.48. The van der Waals surface area contributed by atoms with Crippen molar-refractivity contribution in [2.45, 2.75) is 82.0 Å². The highest BCUT2D eigenvalue weighted by Gasteiger charge is 2.71. The highest BCUT2D eigenvalue weighted by Crippen LogP contribution is 2.70. The molecular weight excluding hydrogens is 438 g/mol. The Morgan fingerprint density at radius 2 is 1.97 bits per heavy atom. The number of hydrogen-bond donors (Lipinski definition) is 5. The molecule has 5 unspecified atom stereocenters. The van der Waals surface area contributed by atoms with Gasteiger partial charge in [0.1, 0.15) is 12.4 Å². The van der Waals surface area contributed by atoms with Gasteiger partial charge in [-0.05, 0) is 93.0 Å². The topological polar surface area (TPSA) is 120 Å². The number of thiocarbonyl (C=S) groups is 1. The molecule has 0 spiro atoms. The molecule has 8 heteroatoms. The fourth-order valence-corrected chi connectivity index (χ4v) is 8.70. The number of nitrogens with zero attached hydrogens (tertiary/aromatic N) is 1. The average molecular weight is 476 g/mol. The Morgan fingerprint density at radius 3 is 2.67 bits per heavy atom. The number of nitrogens with one attached hydrogen (secondary N) is 1. The van der Waals surface area contributed by atoms with Crippen molar-refractivity contribution in [2.75, 3.05) is 6.61 Å². The fourth-order valence-electron chi connectivity index (χ4n) is 8.65. The second kappa shape index (κ2) is 7.77. The zero-order chi connectivity index (χ0) is 23.6. The lowest BCUT2D eigenvalue weighted by atomic mass is 9.41. The molecule has 4 aliphatic carbocycles. The summed E-state index contributed by atoms with van der Waals surface area (Å²) in [5, 5.41) is 39.1. The van der Waals surface area contributed by atoms with Gasteiger partial charge in [0.05, 0.1) is 17.3 Å². The predicted octanol–water partition coefficient (Wildman–Crippen LogP) is 2.51. The smallest absolute Gasteiger partial charge is 0.184 e. The number of hydrazone groups is 1. The number of allylic oxidation sites excluding steroid dienone is 1. The molecule has 0 aromatic heterocycles. The number of nitrogens with two attached hydrogens (primary N) is 1. The normalized spacial score (nSPS) is 49.1. The molecule has 4 saturated carbocycles. The van der Waals surface area contributed by atoms with E-state index in [1.165, 1.54) is 5.57 Å². The zero-order valence-electron chi connectivity index (χ0n) is 19.4. The van der Waals surface area contributed by atoms with Crippen molar-refractivity contribution >= 4 is 23.5 Å². The van der Waals surface area contributed by atoms with Crippen molar-refractivity contribution in [3.05, 3.63) is 24.0 Å². The second-order valence-corrected chi connectivity index (χ2v) is 11.8. The van der Waals surface area contributed by atoms with Gasteiger partial charge >= 0.3 is 0 Å². The number of aliphatic hydroxyl groups excluding tert-OH is 1. The molecule has 0 amide bonds. The molecule has 8 atom stereocenters. The number of rotatable bonds is 3. The molecule has 33 heavy (non-hydrogen) atoms. The van der Waals surface area contributed by atoms with Gasteiger partial charge in [0, 0.05) is 23.5 Å². The number of aliphatic hydroxyl groups is 3. The molecular formula is C25H37N3O4S. The van der Waals surface area contributed by atoms with Crippen LogP contribution in [0, 0.1) is 28.6 Å². The number of hydrogen-bond acceptors (Lipinski definition) is 6. The monoisotopic (exact) mass is 475 g/mol. The first-order chi connectivity index (χ1) is 15.5. The van der Waals surface area contributed by atoms with E-state index in [-0.39, 0.29) is 28.3 Å². The molecule has 5 rings (SSSR count). The third kappa shape index (κ3) is 3.24. The van der Waals surface area contributed by atoms with E-state index in [2.05, 4.69) is 30.1 Å². The van der Waals surface area contributed by atoms with Crippen molar-refractivity contribution in [3.63, 3.8) is 0 Å². The van der Waals surface area contributed by atoms with Crippen LogP contribution in [0.1, 0.15) is 64.7 Å². The third-order valence-corrected chi connectivity index (χ3v) is 10.3. The van der Waals surface area contributed by atoms with E-state index in [1.54, 1.807) is 0 Å². The van der Waals surface area contributed by atoms with Crippen LogP contribution in [-0.4, -0.2) is 50.6 Å². The predicted molar refractivity (Wildman–Crippen MR) is 130 cm³/mol. The van der Waals surface area contributed by atoms with Gasteiger partial charge in [-0.3, -0.25) is 5.43 Å². The molecule has 1 heterocycles. The summed E-state index contributed by atoms with van der Waals surface area (Å²) in [5.41, 5.74) is 6.76. The van der Waals surface area contributed by atoms with E-state index >= 15 is 0 Å². The van der Waals surface area contributed by atoms with E-state index in [0.717, 1.165) is 32.1 Å². The lowest BCUT2D eigenvalue weighted by Crippen LogP contribution is -2.68. The van der Waals surface area contributed by atoms with Crippen LogP contribution in [0.15, 0.2) is 29.1 Å². The van der Waals surface area contributed by atoms with Gasteiger partial charge < -0.3 is 25.8 Å². The lowest BCUT2D eigenvalue weighted by Gasteiger charge is -2.65. The highest BCUT2D eigenvalue weighted by atomic mass is 32.1. The molecule has 7 nitrogen and oxygen atoms in total. The molecule has 0 radical (unpaired) electrons. The summed E-state index contributed by atoms with van der Waals surface area (Å²) in [5.74, 6) is 1.11. The zero-order valence-corrected chi connectivity index (χ0v) is 20.2. The molecule has 0 aromatic carbocycles. The van der Waals surface area contributed by atoms with Gasteiger partial charge in [0.2, 0.25) is 0 Å². The largest absolute Gasteiger partial charge is 0.490 e. The Morgan fingerprint density at radius 1 is 1.21 bits per heavy atom. The summed E-state index contributed by atoms with van der Waals surface area (Å²) in [4.78, 5) is 0. The number of ether oxygens (including phenoxy) is 1. The van der Waals surface area contributed by atoms with Gasteiger partial charge in [0.15, 0.2) is 5.11 Å². The van der Waals surface area contributed by atoms with Crippen molar-refractivity contribution in [1.82, 2.24) is 5.43 Å². The minimum Gasteiger partial charge on any atom is -0.490 e. The first kappa shape index (κ1) is 23.3. The van der Waals surface area contributed by atoms with Crippen LogP contribution in [-0.2, 0) is 4.74 Å². The third-order valence-electron chi connectivity index (χ3n) is 10.2. The molecule has 182 valence electrons. The van der Waals surface area contributed by atoms with Gasteiger partial charge in [-0.2, -0.15) is 5.10 Å². The van der Waals surface area contributed by atoms with Crippen LogP contribution in [0.5, 0.6) is 0 Å². The van der Waals surface area contributed by atoms with Crippen LogP contribution in [0.3, 0.4) is 0 Å². The van der Waals surface area contributed by atoms with Gasteiger partial charge in [0.25, 0.3) is 0 Å². The van der Waals surface area contributed by atoms with Gasteiger partial charge in [-0.15, -0.1) is 0 Å². The maximum Gasteiger partial charge on any atom is 0.184 e. The van der Waals surface area contributed by atoms with Crippen LogP contribution in [0.4, 0.5) is 0 Å². The molecule has 1 aliphatic heterocycles. The van der Waals surface area contributed by atoms with E-state index in [1.807, 2.05) is 6.21 Å². The minimum atomic E-state index is -1.06. The second-order valence-electron chi connectivity index (χ2n) is 11.4. The molecule has 5 aliphatic rings. The lowest BCUT2D eigenvalue weighted by molar-refractivity contribution is -0.237. The molecule has 0 bridgehead atoms. The van der Waals surface area contributed by atoms with Crippen molar-refractivity contribution in [3.8, 4) is 0 Å².